The molecule has 0 aliphatic carbocycles. The number of unbranched alkanes of at least 4 members (excludes halogenated alkanes) is 1. The molecule has 16 heavy (non-hydrogen) atoms. The number of carbonyl (C=O) groups is 1. The van der Waals surface area contributed by atoms with Crippen LogP contribution in [0.25, 0.3) is 0 Å². The molecule has 1 aromatic rings. The summed E-state index contributed by atoms with van der Waals surface area (Å²) in [6.45, 7) is 2.07. The number of hydrogen-bond donors (Lipinski definition) is 2. The predicted molar refractivity (Wildman–Crippen MR) is 62.6 cm³/mol. The Morgan fingerprint density at radius 3 is 2.69 bits per heavy atom. The highest BCUT2D eigenvalue weighted by molar-refractivity contribution is 5.89. The summed E-state index contributed by atoms with van der Waals surface area (Å²) in [7, 11) is 0. The van der Waals surface area contributed by atoms with E-state index in [2.05, 4.69) is 6.92 Å². The molecule has 88 valence electrons. The first kappa shape index (κ1) is 12.7. The average molecular weight is 222 g/mol. The standard InChI is InChI=1S/C13H18O3/c1-2-3-7-11(14)9-10-6-4-5-8-12(10)13(15)16/h4-6,8,11,14H,2-3,7,9H2,1H3,(H,15,16). The van der Waals surface area contributed by atoms with Gasteiger partial charge in [-0.2, -0.15) is 0 Å². The normalized spacial score (nSPS) is 12.4. The van der Waals surface area contributed by atoms with Crippen LogP contribution in [0.1, 0.15) is 42.1 Å². The Morgan fingerprint density at radius 2 is 2.06 bits per heavy atom. The van der Waals surface area contributed by atoms with Crippen molar-refractivity contribution in [2.75, 3.05) is 0 Å². The van der Waals surface area contributed by atoms with Gasteiger partial charge in [0.05, 0.1) is 11.7 Å². The Kier molecular flexibility index (Phi) is 4.99. The second-order valence-corrected chi connectivity index (χ2v) is 3.96. The lowest BCUT2D eigenvalue weighted by Gasteiger charge is -2.11. The van der Waals surface area contributed by atoms with Crippen LogP contribution in [0.15, 0.2) is 24.3 Å². The van der Waals surface area contributed by atoms with Crippen LogP contribution in [0.4, 0.5) is 0 Å². The van der Waals surface area contributed by atoms with Crippen molar-refractivity contribution in [3.05, 3.63) is 35.4 Å². The summed E-state index contributed by atoms with van der Waals surface area (Å²) in [5.74, 6) is -0.932. The summed E-state index contributed by atoms with van der Waals surface area (Å²) < 4.78 is 0. The first-order valence-electron chi connectivity index (χ1n) is 5.64. The molecule has 0 saturated carbocycles. The van der Waals surface area contributed by atoms with Gasteiger partial charge >= 0.3 is 5.97 Å². The second kappa shape index (κ2) is 6.28. The molecular weight excluding hydrogens is 204 g/mol. The summed E-state index contributed by atoms with van der Waals surface area (Å²) in [5, 5.41) is 18.7. The van der Waals surface area contributed by atoms with Gasteiger partial charge in [-0.1, -0.05) is 38.0 Å². The van der Waals surface area contributed by atoms with E-state index in [1.165, 1.54) is 0 Å². The zero-order valence-electron chi connectivity index (χ0n) is 9.52. The van der Waals surface area contributed by atoms with Crippen LogP contribution in [0.5, 0.6) is 0 Å². The fourth-order valence-corrected chi connectivity index (χ4v) is 1.70. The third kappa shape index (κ3) is 3.66. The zero-order chi connectivity index (χ0) is 12.0. The van der Waals surface area contributed by atoms with E-state index in [4.69, 9.17) is 5.11 Å². The SMILES string of the molecule is CCCCC(O)Cc1ccccc1C(=O)O. The van der Waals surface area contributed by atoms with Crippen molar-refractivity contribution in [3.8, 4) is 0 Å². The van der Waals surface area contributed by atoms with Gasteiger partial charge in [0.25, 0.3) is 0 Å². The molecule has 0 aliphatic heterocycles. The number of carboxylic acids is 1. The summed E-state index contributed by atoms with van der Waals surface area (Å²) in [6.07, 6.45) is 2.71. The lowest BCUT2D eigenvalue weighted by Crippen LogP contribution is -2.13. The van der Waals surface area contributed by atoms with Crippen molar-refractivity contribution >= 4 is 5.97 Å². The minimum Gasteiger partial charge on any atom is -0.478 e. The Bertz CT molecular complexity index is 347. The van der Waals surface area contributed by atoms with Crippen molar-refractivity contribution in [1.82, 2.24) is 0 Å². The van der Waals surface area contributed by atoms with Crippen LogP contribution in [0, 0.1) is 0 Å². The summed E-state index contributed by atoms with van der Waals surface area (Å²) in [5.41, 5.74) is 0.997. The number of hydrogen-bond acceptors (Lipinski definition) is 2. The fourth-order valence-electron chi connectivity index (χ4n) is 1.70. The Balaban J connectivity index is 2.69. The van der Waals surface area contributed by atoms with E-state index in [1.807, 2.05) is 0 Å². The number of carboxylic acid groups (broad SMARTS) is 1. The zero-order valence-corrected chi connectivity index (χ0v) is 9.52. The van der Waals surface area contributed by atoms with Gasteiger partial charge in [-0.3, -0.25) is 0 Å². The van der Waals surface area contributed by atoms with Gasteiger partial charge in [0, 0.05) is 0 Å². The smallest absolute Gasteiger partial charge is 0.335 e. The van der Waals surface area contributed by atoms with Crippen LogP contribution in [0.2, 0.25) is 0 Å². The highest BCUT2D eigenvalue weighted by Gasteiger charge is 2.12. The first-order chi connectivity index (χ1) is 7.65. The van der Waals surface area contributed by atoms with E-state index in [9.17, 15) is 9.90 Å². The number of aromatic carboxylic acids is 1. The van der Waals surface area contributed by atoms with E-state index in [0.717, 1.165) is 19.3 Å². The fraction of sp³-hybridized carbons (Fsp3) is 0.462. The van der Waals surface area contributed by atoms with Gasteiger partial charge in [0.1, 0.15) is 0 Å². The van der Waals surface area contributed by atoms with Gasteiger partial charge < -0.3 is 10.2 Å². The third-order valence-corrected chi connectivity index (χ3v) is 2.59. The molecule has 0 amide bonds. The van der Waals surface area contributed by atoms with Crippen molar-refractivity contribution in [3.63, 3.8) is 0 Å². The highest BCUT2D eigenvalue weighted by Crippen LogP contribution is 2.13. The molecule has 0 aromatic heterocycles. The number of aliphatic hydroxyl groups excluding tert-OH is 1. The lowest BCUT2D eigenvalue weighted by molar-refractivity contribution is 0.0694. The first-order valence-corrected chi connectivity index (χ1v) is 5.64. The number of rotatable bonds is 6. The molecule has 3 heteroatoms. The van der Waals surface area contributed by atoms with Crippen LogP contribution in [-0.2, 0) is 6.42 Å². The van der Waals surface area contributed by atoms with Crippen molar-refractivity contribution in [1.29, 1.82) is 0 Å². The molecule has 0 radical (unpaired) electrons. The van der Waals surface area contributed by atoms with Gasteiger partial charge in [-0.05, 0) is 24.5 Å². The van der Waals surface area contributed by atoms with Crippen LogP contribution >= 0.6 is 0 Å². The van der Waals surface area contributed by atoms with E-state index >= 15 is 0 Å². The molecule has 0 fully saturated rings. The van der Waals surface area contributed by atoms with Crippen molar-refractivity contribution in [2.24, 2.45) is 0 Å². The largest absolute Gasteiger partial charge is 0.478 e. The Labute approximate surface area is 95.7 Å². The van der Waals surface area contributed by atoms with Gasteiger partial charge in [0.15, 0.2) is 0 Å². The molecule has 0 spiro atoms. The maximum Gasteiger partial charge on any atom is 0.335 e. The summed E-state index contributed by atoms with van der Waals surface area (Å²) in [4.78, 5) is 10.9. The molecule has 0 heterocycles. The van der Waals surface area contributed by atoms with E-state index in [1.54, 1.807) is 24.3 Å². The monoisotopic (exact) mass is 222 g/mol. The minimum absolute atomic E-state index is 0.290. The average Bonchev–Trinajstić information content (AvgIpc) is 2.27. The molecule has 0 saturated heterocycles. The van der Waals surface area contributed by atoms with E-state index in [0.29, 0.717) is 12.0 Å². The van der Waals surface area contributed by atoms with Gasteiger partial charge in [-0.25, -0.2) is 4.79 Å². The van der Waals surface area contributed by atoms with Gasteiger partial charge in [-0.15, -0.1) is 0 Å². The minimum atomic E-state index is -0.932. The van der Waals surface area contributed by atoms with E-state index in [-0.39, 0.29) is 5.56 Å². The molecule has 1 rings (SSSR count). The molecule has 1 atom stereocenters. The second-order valence-electron chi connectivity index (χ2n) is 3.96. The van der Waals surface area contributed by atoms with Gasteiger partial charge in [0.2, 0.25) is 0 Å². The molecule has 0 aliphatic rings. The van der Waals surface area contributed by atoms with Crippen LogP contribution in [-0.4, -0.2) is 22.3 Å². The highest BCUT2D eigenvalue weighted by atomic mass is 16.4. The topological polar surface area (TPSA) is 57.5 Å². The van der Waals surface area contributed by atoms with Crippen LogP contribution < -0.4 is 0 Å². The Morgan fingerprint density at radius 1 is 1.38 bits per heavy atom. The third-order valence-electron chi connectivity index (χ3n) is 2.59. The van der Waals surface area contributed by atoms with E-state index < -0.39 is 12.1 Å². The van der Waals surface area contributed by atoms with Crippen LogP contribution in [0.3, 0.4) is 0 Å². The maximum atomic E-state index is 10.9. The molecule has 1 aromatic carbocycles. The predicted octanol–water partition coefficient (Wildman–Crippen LogP) is 2.48. The molecule has 3 nitrogen and oxygen atoms in total. The number of aliphatic hydroxyl groups is 1. The summed E-state index contributed by atoms with van der Waals surface area (Å²) in [6, 6.07) is 6.84. The molecule has 1 unspecified atom stereocenters. The maximum absolute atomic E-state index is 10.9. The van der Waals surface area contributed by atoms with Crippen molar-refractivity contribution < 1.29 is 15.0 Å². The Hall–Kier alpha value is -1.35. The number of benzene rings is 1. The lowest BCUT2D eigenvalue weighted by atomic mass is 9.99. The molecule has 0 bridgehead atoms. The summed E-state index contributed by atoms with van der Waals surface area (Å²) >= 11 is 0. The molecular formula is C13H18O3. The quantitative estimate of drug-likeness (QED) is 0.777. The molecule has 2 N–H and O–H groups in total. The van der Waals surface area contributed by atoms with Crippen molar-refractivity contribution in [2.45, 2.75) is 38.7 Å².